The van der Waals surface area contributed by atoms with Gasteiger partial charge in [0, 0.05) is 29.2 Å². The Morgan fingerprint density at radius 2 is 1.86 bits per heavy atom. The van der Waals surface area contributed by atoms with E-state index in [2.05, 4.69) is 43.0 Å². The number of nitrogens with two attached hydrogens (primary N) is 1. The van der Waals surface area contributed by atoms with Gasteiger partial charge in [-0.1, -0.05) is 38.1 Å². The second kappa shape index (κ2) is 5.40. The van der Waals surface area contributed by atoms with Gasteiger partial charge in [0.25, 0.3) is 0 Å². The Bertz CT molecular complexity index is 671. The fraction of sp³-hybridized carbons (Fsp3) is 0.389. The van der Waals surface area contributed by atoms with Crippen LogP contribution in [0.3, 0.4) is 0 Å². The molecule has 0 heterocycles. The van der Waals surface area contributed by atoms with E-state index in [-0.39, 0.29) is 5.84 Å². The third-order valence-electron chi connectivity index (χ3n) is 4.05. The quantitative estimate of drug-likeness (QED) is 0.648. The number of hydrogen-bond donors (Lipinski definition) is 2. The maximum absolute atomic E-state index is 7.77. The number of nitrogens with zero attached hydrogens (tertiary/aromatic N) is 1. The van der Waals surface area contributed by atoms with Crippen molar-refractivity contribution in [2.75, 3.05) is 11.4 Å². The van der Waals surface area contributed by atoms with Gasteiger partial charge < -0.3 is 10.6 Å². The summed E-state index contributed by atoms with van der Waals surface area (Å²) >= 11 is 0. The number of nitrogens with one attached hydrogen (secondary N) is 1. The number of amidine groups is 1. The van der Waals surface area contributed by atoms with Gasteiger partial charge in [-0.25, -0.2) is 0 Å². The Labute approximate surface area is 126 Å². The van der Waals surface area contributed by atoms with Gasteiger partial charge in [-0.2, -0.15) is 0 Å². The van der Waals surface area contributed by atoms with E-state index in [1.165, 1.54) is 23.9 Å². The van der Waals surface area contributed by atoms with Crippen LogP contribution in [0.5, 0.6) is 0 Å². The summed E-state index contributed by atoms with van der Waals surface area (Å²) in [5, 5.41) is 10.1. The zero-order valence-electron chi connectivity index (χ0n) is 12.8. The van der Waals surface area contributed by atoms with Crippen molar-refractivity contribution in [3.63, 3.8) is 0 Å². The summed E-state index contributed by atoms with van der Waals surface area (Å²) in [5.74, 6) is 0.774. The summed E-state index contributed by atoms with van der Waals surface area (Å²) < 4.78 is 0. The van der Waals surface area contributed by atoms with Crippen molar-refractivity contribution in [2.45, 2.75) is 32.7 Å². The lowest BCUT2D eigenvalue weighted by atomic mass is 10.0. The maximum atomic E-state index is 7.77. The van der Waals surface area contributed by atoms with E-state index in [9.17, 15) is 0 Å². The third-order valence-corrected chi connectivity index (χ3v) is 4.05. The smallest absolute Gasteiger partial charge is 0.123 e. The lowest BCUT2D eigenvalue weighted by molar-refractivity contribution is 0.608. The summed E-state index contributed by atoms with van der Waals surface area (Å²) in [5.41, 5.74) is 7.84. The highest BCUT2D eigenvalue weighted by atomic mass is 15.2. The Morgan fingerprint density at radius 1 is 1.19 bits per heavy atom. The van der Waals surface area contributed by atoms with Crippen LogP contribution < -0.4 is 10.6 Å². The largest absolute Gasteiger partial charge is 0.384 e. The van der Waals surface area contributed by atoms with Crippen LogP contribution in [-0.2, 0) is 0 Å². The number of nitrogen functional groups attached to an aromatic ring is 1. The molecule has 0 unspecified atom stereocenters. The van der Waals surface area contributed by atoms with Crippen molar-refractivity contribution in [3.05, 3.63) is 42.0 Å². The molecular formula is C18H23N3. The van der Waals surface area contributed by atoms with Crippen LogP contribution in [0.4, 0.5) is 5.69 Å². The standard InChI is InChI=1S/C18H23N3/c1-12(2)11-21(13-7-8-13)17-10-9-16(18(19)20)14-5-3-4-6-15(14)17/h3-6,9-10,12-13H,7-8,11H2,1-2H3,(H3,19,20). The number of fused-ring (bicyclic) bond motifs is 1. The Kier molecular flexibility index (Phi) is 3.58. The first-order valence-electron chi connectivity index (χ1n) is 7.70. The first-order chi connectivity index (χ1) is 10.1. The maximum Gasteiger partial charge on any atom is 0.123 e. The molecule has 1 aliphatic carbocycles. The Morgan fingerprint density at radius 3 is 2.43 bits per heavy atom. The molecule has 3 nitrogen and oxygen atoms in total. The first kappa shape index (κ1) is 13.9. The van der Waals surface area contributed by atoms with Gasteiger partial charge >= 0.3 is 0 Å². The lowest BCUT2D eigenvalue weighted by Gasteiger charge is -2.28. The van der Waals surface area contributed by atoms with Crippen molar-refractivity contribution >= 4 is 22.3 Å². The van der Waals surface area contributed by atoms with Gasteiger partial charge in [-0.3, -0.25) is 5.41 Å². The number of benzene rings is 2. The summed E-state index contributed by atoms with van der Waals surface area (Å²) in [6.07, 6.45) is 2.57. The first-order valence-corrected chi connectivity index (χ1v) is 7.70. The minimum atomic E-state index is 0.139. The van der Waals surface area contributed by atoms with Crippen LogP contribution in [0, 0.1) is 11.3 Å². The average Bonchev–Trinajstić information content (AvgIpc) is 3.28. The number of rotatable bonds is 5. The second-order valence-corrected chi connectivity index (χ2v) is 6.37. The van der Waals surface area contributed by atoms with Crippen molar-refractivity contribution in [1.82, 2.24) is 0 Å². The van der Waals surface area contributed by atoms with Crippen LogP contribution in [0.2, 0.25) is 0 Å². The van der Waals surface area contributed by atoms with Gasteiger partial charge in [0.15, 0.2) is 0 Å². The van der Waals surface area contributed by atoms with Crippen LogP contribution in [0.1, 0.15) is 32.3 Å². The molecule has 3 rings (SSSR count). The lowest BCUT2D eigenvalue weighted by Crippen LogP contribution is -2.30. The van der Waals surface area contributed by atoms with E-state index in [1.54, 1.807) is 0 Å². The van der Waals surface area contributed by atoms with Gasteiger partial charge in [-0.05, 0) is 36.3 Å². The molecule has 3 N–H and O–H groups in total. The van der Waals surface area contributed by atoms with Crippen molar-refractivity contribution in [1.29, 1.82) is 5.41 Å². The molecular weight excluding hydrogens is 258 g/mol. The highest BCUT2D eigenvalue weighted by Crippen LogP contribution is 2.37. The molecule has 0 atom stereocenters. The minimum Gasteiger partial charge on any atom is -0.384 e. The average molecular weight is 281 g/mol. The molecule has 0 radical (unpaired) electrons. The molecule has 1 fully saturated rings. The van der Waals surface area contributed by atoms with Crippen molar-refractivity contribution in [3.8, 4) is 0 Å². The summed E-state index contributed by atoms with van der Waals surface area (Å²) in [4.78, 5) is 2.54. The molecule has 0 saturated heterocycles. The molecule has 0 bridgehead atoms. The van der Waals surface area contributed by atoms with Crippen LogP contribution in [0.15, 0.2) is 36.4 Å². The van der Waals surface area contributed by atoms with Crippen LogP contribution >= 0.6 is 0 Å². The molecule has 21 heavy (non-hydrogen) atoms. The van der Waals surface area contributed by atoms with E-state index in [1.807, 2.05) is 12.1 Å². The molecule has 2 aromatic carbocycles. The van der Waals surface area contributed by atoms with E-state index in [0.29, 0.717) is 12.0 Å². The van der Waals surface area contributed by atoms with E-state index in [0.717, 1.165) is 17.5 Å². The number of anilines is 1. The third kappa shape index (κ3) is 2.73. The molecule has 1 saturated carbocycles. The van der Waals surface area contributed by atoms with Gasteiger partial charge in [0.1, 0.15) is 5.84 Å². The molecule has 110 valence electrons. The molecule has 3 heteroatoms. The molecule has 0 spiro atoms. The van der Waals surface area contributed by atoms with E-state index < -0.39 is 0 Å². The van der Waals surface area contributed by atoms with E-state index >= 15 is 0 Å². The second-order valence-electron chi connectivity index (χ2n) is 6.37. The fourth-order valence-electron chi connectivity index (χ4n) is 2.99. The molecule has 1 aliphatic rings. The minimum absolute atomic E-state index is 0.139. The van der Waals surface area contributed by atoms with Gasteiger partial charge in [0.05, 0.1) is 0 Å². The zero-order chi connectivity index (χ0) is 15.0. The predicted molar refractivity (Wildman–Crippen MR) is 90.2 cm³/mol. The zero-order valence-corrected chi connectivity index (χ0v) is 12.8. The summed E-state index contributed by atoms with van der Waals surface area (Å²) in [7, 11) is 0. The fourth-order valence-corrected chi connectivity index (χ4v) is 2.99. The monoisotopic (exact) mass is 281 g/mol. The van der Waals surface area contributed by atoms with Crippen LogP contribution in [-0.4, -0.2) is 18.4 Å². The Balaban J connectivity index is 2.14. The van der Waals surface area contributed by atoms with Crippen molar-refractivity contribution < 1.29 is 0 Å². The SMILES string of the molecule is CC(C)CN(c1ccc(C(=N)N)c2ccccc12)C1CC1. The molecule has 0 aromatic heterocycles. The topological polar surface area (TPSA) is 53.1 Å². The highest BCUT2D eigenvalue weighted by molar-refractivity contribution is 6.10. The van der Waals surface area contributed by atoms with Gasteiger partial charge in [0.2, 0.25) is 0 Å². The molecule has 0 aliphatic heterocycles. The predicted octanol–water partition coefficient (Wildman–Crippen LogP) is 3.75. The summed E-state index contributed by atoms with van der Waals surface area (Å²) in [6.45, 7) is 5.61. The summed E-state index contributed by atoms with van der Waals surface area (Å²) in [6, 6.07) is 13.1. The highest BCUT2D eigenvalue weighted by Gasteiger charge is 2.30. The van der Waals surface area contributed by atoms with Crippen LogP contribution in [0.25, 0.3) is 10.8 Å². The normalized spacial score (nSPS) is 14.6. The Hall–Kier alpha value is -2.03. The molecule has 0 amide bonds. The van der Waals surface area contributed by atoms with E-state index in [4.69, 9.17) is 11.1 Å². The van der Waals surface area contributed by atoms with Crippen molar-refractivity contribution in [2.24, 2.45) is 11.7 Å². The molecule has 2 aromatic rings. The van der Waals surface area contributed by atoms with Gasteiger partial charge in [-0.15, -0.1) is 0 Å². The number of hydrogen-bond acceptors (Lipinski definition) is 2.